The van der Waals surface area contributed by atoms with E-state index in [1.165, 1.54) is 24.3 Å². The monoisotopic (exact) mass is 482 g/mol. The van der Waals surface area contributed by atoms with E-state index >= 15 is 0 Å². The number of anilines is 3. The van der Waals surface area contributed by atoms with Crippen LogP contribution in [0.3, 0.4) is 0 Å². The summed E-state index contributed by atoms with van der Waals surface area (Å²) in [5.41, 5.74) is 0.479. The predicted molar refractivity (Wildman–Crippen MR) is 111 cm³/mol. The lowest BCUT2D eigenvalue weighted by Crippen LogP contribution is -2.45. The van der Waals surface area contributed by atoms with Crippen molar-refractivity contribution in [3.05, 3.63) is 24.3 Å². The van der Waals surface area contributed by atoms with Crippen LogP contribution in [0.2, 0.25) is 0 Å². The largest absolute Gasteiger partial charge is 0.454 e. The van der Waals surface area contributed by atoms with E-state index in [-0.39, 0.29) is 17.6 Å². The number of ether oxygens (including phenoxy) is 2. The Balaban J connectivity index is 1.79. The lowest BCUT2D eigenvalue weighted by atomic mass is 10.3. The van der Waals surface area contributed by atoms with Crippen LogP contribution in [0.1, 0.15) is 0 Å². The highest BCUT2D eigenvalue weighted by Crippen LogP contribution is 2.30. The van der Waals surface area contributed by atoms with Crippen molar-refractivity contribution in [2.24, 2.45) is 0 Å². The van der Waals surface area contributed by atoms with E-state index in [4.69, 9.17) is 21.1 Å². The van der Waals surface area contributed by atoms with E-state index in [0.717, 1.165) is 13.1 Å². The second kappa shape index (κ2) is 9.54. The molecule has 0 amide bonds. The summed E-state index contributed by atoms with van der Waals surface area (Å²) in [7, 11) is 3.67. The SMILES string of the molecule is CN1CCN(c2nc(Nc3ccc(OC(F)(P)Cl)cc3)nc(OCC(F)(F)F)n2)CC1. The van der Waals surface area contributed by atoms with Crippen LogP contribution >= 0.6 is 20.8 Å². The number of alkyl halides is 5. The third kappa shape index (κ3) is 7.79. The molecule has 1 aliphatic rings. The zero-order valence-electron chi connectivity index (χ0n) is 16.4. The molecule has 1 aromatic carbocycles. The van der Waals surface area contributed by atoms with Crippen LogP contribution in [0.25, 0.3) is 0 Å². The molecule has 8 nitrogen and oxygen atoms in total. The number of hydrogen-bond donors (Lipinski definition) is 1. The van der Waals surface area contributed by atoms with Gasteiger partial charge < -0.3 is 24.6 Å². The molecule has 2 heterocycles. The molecule has 0 aliphatic carbocycles. The summed E-state index contributed by atoms with van der Waals surface area (Å²) in [5, 5.41) is 0.433. The molecule has 2 unspecified atom stereocenters. The number of aromatic nitrogens is 3. The van der Waals surface area contributed by atoms with Gasteiger partial charge in [-0.2, -0.15) is 32.5 Å². The molecule has 2 aromatic rings. The Morgan fingerprint density at radius 2 is 1.71 bits per heavy atom. The molecule has 1 aliphatic heterocycles. The van der Waals surface area contributed by atoms with Crippen molar-refractivity contribution in [1.82, 2.24) is 19.9 Å². The van der Waals surface area contributed by atoms with E-state index in [9.17, 15) is 17.6 Å². The summed E-state index contributed by atoms with van der Waals surface area (Å²) in [5.74, 6) is 0.370. The quantitative estimate of drug-likeness (QED) is 0.366. The van der Waals surface area contributed by atoms with E-state index < -0.39 is 23.8 Å². The first-order valence-electron chi connectivity index (χ1n) is 9.09. The second-order valence-corrected chi connectivity index (χ2v) is 8.37. The Labute approximate surface area is 183 Å². The van der Waals surface area contributed by atoms with Gasteiger partial charge in [0.25, 0.3) is 0 Å². The zero-order valence-corrected chi connectivity index (χ0v) is 18.3. The smallest absolute Gasteiger partial charge is 0.422 e. The van der Waals surface area contributed by atoms with Crippen molar-refractivity contribution in [3.8, 4) is 11.8 Å². The molecule has 0 radical (unpaired) electrons. The molecule has 0 bridgehead atoms. The first-order chi connectivity index (χ1) is 14.5. The molecule has 1 aromatic heterocycles. The first-order valence-corrected chi connectivity index (χ1v) is 10.0. The van der Waals surface area contributed by atoms with Gasteiger partial charge in [-0.05, 0) is 52.2 Å². The highest BCUT2D eigenvalue weighted by Gasteiger charge is 2.29. The molecule has 31 heavy (non-hydrogen) atoms. The van der Waals surface area contributed by atoms with Crippen molar-refractivity contribution in [2.75, 3.05) is 50.1 Å². The fraction of sp³-hybridized carbons (Fsp3) is 0.471. The van der Waals surface area contributed by atoms with Gasteiger partial charge in [0.2, 0.25) is 11.9 Å². The molecular formula is C17H20ClF4N6O2P. The van der Waals surface area contributed by atoms with E-state index in [1.54, 1.807) is 9.24 Å². The van der Waals surface area contributed by atoms with Gasteiger partial charge in [0.05, 0.1) is 0 Å². The van der Waals surface area contributed by atoms with Gasteiger partial charge in [-0.15, -0.1) is 0 Å². The van der Waals surface area contributed by atoms with Crippen molar-refractivity contribution < 1.29 is 27.0 Å². The molecule has 170 valence electrons. The highest BCUT2D eigenvalue weighted by molar-refractivity contribution is 7.21. The van der Waals surface area contributed by atoms with Crippen LogP contribution in [0.4, 0.5) is 35.1 Å². The third-order valence-corrected chi connectivity index (χ3v) is 4.31. The number of nitrogens with zero attached hydrogens (tertiary/aromatic N) is 5. The van der Waals surface area contributed by atoms with Gasteiger partial charge in [-0.25, -0.2) is 0 Å². The summed E-state index contributed by atoms with van der Waals surface area (Å²) >= 11 is 5.35. The number of piperazine rings is 1. The summed E-state index contributed by atoms with van der Waals surface area (Å²) in [6.45, 7) is 1.18. The van der Waals surface area contributed by atoms with E-state index in [2.05, 4.69) is 25.2 Å². The first kappa shape index (κ1) is 23.5. The van der Waals surface area contributed by atoms with Gasteiger partial charge in [-0.1, -0.05) is 0 Å². The summed E-state index contributed by atoms with van der Waals surface area (Å²) in [4.78, 5) is 16.2. The standard InChI is InChI=1S/C17H20ClF4N6O2P/c1-27-6-8-28(9-7-27)14-24-13(25-15(26-14)29-10-16(19,20)21)23-11-2-4-12(5-3-11)30-17(18,22)31/h2-5H,6-10,31H2,1H3,(H,23,24,25,26). The minimum atomic E-state index is -4.53. The molecule has 14 heteroatoms. The predicted octanol–water partition coefficient (Wildman–Crippen LogP) is 3.38. The second-order valence-electron chi connectivity index (χ2n) is 6.75. The van der Waals surface area contributed by atoms with Gasteiger partial charge in [-0.3, -0.25) is 0 Å². The Morgan fingerprint density at radius 1 is 1.06 bits per heavy atom. The highest BCUT2D eigenvalue weighted by atomic mass is 35.5. The molecule has 0 spiro atoms. The van der Waals surface area contributed by atoms with E-state index in [1.807, 2.05) is 11.9 Å². The lowest BCUT2D eigenvalue weighted by molar-refractivity contribution is -0.154. The molecular weight excluding hydrogens is 463 g/mol. The Morgan fingerprint density at radius 3 is 2.29 bits per heavy atom. The van der Waals surface area contributed by atoms with Crippen molar-refractivity contribution in [2.45, 2.75) is 11.2 Å². The van der Waals surface area contributed by atoms with Crippen LogP contribution in [0.15, 0.2) is 24.3 Å². The van der Waals surface area contributed by atoms with Crippen molar-refractivity contribution >= 4 is 38.4 Å². The molecule has 1 saturated heterocycles. The topological polar surface area (TPSA) is 75.6 Å². The molecule has 1 fully saturated rings. The van der Waals surface area contributed by atoms with Gasteiger partial charge >= 0.3 is 17.2 Å². The van der Waals surface area contributed by atoms with Gasteiger partial charge in [0.15, 0.2) is 6.61 Å². The zero-order chi connectivity index (χ0) is 22.6. The van der Waals surface area contributed by atoms with Crippen molar-refractivity contribution in [3.63, 3.8) is 0 Å². The molecule has 0 saturated carbocycles. The number of rotatable bonds is 7. The summed E-state index contributed by atoms with van der Waals surface area (Å²) in [6, 6.07) is 5.53. The number of likely N-dealkylation sites (N-methyl/N-ethyl adjacent to an activating group) is 1. The maximum absolute atomic E-state index is 13.3. The maximum Gasteiger partial charge on any atom is 0.422 e. The van der Waals surface area contributed by atoms with Crippen LogP contribution < -0.4 is 19.7 Å². The number of nitrogens with one attached hydrogen (secondary N) is 1. The summed E-state index contributed by atoms with van der Waals surface area (Å²) < 4.78 is 60.6. The Kier molecular flexibility index (Phi) is 7.23. The van der Waals surface area contributed by atoms with Crippen LogP contribution in [-0.4, -0.2) is 70.9 Å². The third-order valence-electron chi connectivity index (χ3n) is 4.12. The van der Waals surface area contributed by atoms with Crippen LogP contribution in [-0.2, 0) is 0 Å². The number of benzene rings is 1. The van der Waals surface area contributed by atoms with Crippen LogP contribution in [0.5, 0.6) is 11.8 Å². The minimum Gasteiger partial charge on any atom is -0.454 e. The lowest BCUT2D eigenvalue weighted by Gasteiger charge is -2.32. The fourth-order valence-electron chi connectivity index (χ4n) is 2.65. The molecule has 1 N–H and O–H groups in total. The maximum atomic E-state index is 13.3. The average Bonchev–Trinajstić information content (AvgIpc) is 2.67. The molecule has 3 rings (SSSR count). The summed E-state index contributed by atoms with van der Waals surface area (Å²) in [6.07, 6.45) is -4.53. The Bertz CT molecular complexity index is 876. The molecule has 2 atom stereocenters. The Hall–Kier alpha value is -2.17. The van der Waals surface area contributed by atoms with Crippen LogP contribution in [0, 0.1) is 0 Å². The average molecular weight is 483 g/mol. The fourth-order valence-corrected chi connectivity index (χ4v) is 2.88. The van der Waals surface area contributed by atoms with E-state index in [0.29, 0.717) is 18.8 Å². The normalized spacial score (nSPS) is 17.2. The minimum absolute atomic E-state index is 0.00185. The number of hydrogen-bond acceptors (Lipinski definition) is 8. The number of halogens is 5. The van der Waals surface area contributed by atoms with Crippen molar-refractivity contribution in [1.29, 1.82) is 0 Å². The van der Waals surface area contributed by atoms with Gasteiger partial charge in [0, 0.05) is 31.9 Å². The van der Waals surface area contributed by atoms with Gasteiger partial charge in [0.1, 0.15) is 5.75 Å².